The number of benzene rings is 2. The molecule has 1 heterocycles. The first-order valence-electron chi connectivity index (χ1n) is 13.9. The van der Waals surface area contributed by atoms with Crippen molar-refractivity contribution in [1.29, 1.82) is 0 Å². The molecule has 11 heteroatoms. The summed E-state index contributed by atoms with van der Waals surface area (Å²) in [6.07, 6.45) is -3.32. The number of amides is 2. The zero-order valence-electron chi connectivity index (χ0n) is 24.0. The Bertz CT molecular complexity index is 1360. The van der Waals surface area contributed by atoms with E-state index in [4.69, 9.17) is 10.1 Å². The molecule has 2 aromatic rings. The molecule has 0 bridgehead atoms. The number of hydrogen-bond donors (Lipinski definition) is 3. The minimum absolute atomic E-state index is 0.0809. The lowest BCUT2D eigenvalue weighted by molar-refractivity contribution is -0.146. The number of carbonyl (C=O) groups is 3. The number of aliphatic carboxylic acids is 1. The average molecular weight is 588 g/mol. The smallest absolute Gasteiger partial charge is 0.416 e. The van der Waals surface area contributed by atoms with Gasteiger partial charge in [-0.2, -0.15) is 13.2 Å². The van der Waals surface area contributed by atoms with Crippen LogP contribution in [0.4, 0.5) is 13.2 Å². The number of halogens is 3. The van der Waals surface area contributed by atoms with Crippen molar-refractivity contribution in [3.63, 3.8) is 0 Å². The van der Waals surface area contributed by atoms with Crippen LogP contribution in [0.25, 0.3) is 0 Å². The largest absolute Gasteiger partial charge is 0.479 e. The second kappa shape index (κ2) is 11.5. The first-order valence-corrected chi connectivity index (χ1v) is 13.9. The number of aliphatic hydroxyl groups excluding tert-OH is 1. The Labute approximate surface area is 242 Å². The molecule has 2 amide bonds. The number of nitrogens with zero attached hydrogens (tertiary/aromatic N) is 2. The molecular weight excluding hydrogens is 551 g/mol. The van der Waals surface area contributed by atoms with Crippen LogP contribution in [0.1, 0.15) is 86.5 Å². The van der Waals surface area contributed by atoms with Gasteiger partial charge in [-0.3, -0.25) is 14.6 Å². The number of carboxylic acids is 1. The lowest BCUT2D eigenvalue weighted by Gasteiger charge is -2.46. The van der Waals surface area contributed by atoms with E-state index in [-0.39, 0.29) is 22.6 Å². The average Bonchev–Trinajstić information content (AvgIpc) is 3.21. The van der Waals surface area contributed by atoms with Gasteiger partial charge in [0.2, 0.25) is 0 Å². The normalized spacial score (nSPS) is 22.6. The molecule has 1 fully saturated rings. The van der Waals surface area contributed by atoms with Crippen LogP contribution in [0, 0.1) is 11.3 Å². The maximum absolute atomic E-state index is 14.0. The van der Waals surface area contributed by atoms with Gasteiger partial charge in [-0.05, 0) is 73.8 Å². The van der Waals surface area contributed by atoms with Gasteiger partial charge in [0.25, 0.3) is 11.8 Å². The summed E-state index contributed by atoms with van der Waals surface area (Å²) in [7, 11) is 0. The minimum Gasteiger partial charge on any atom is -0.479 e. The van der Waals surface area contributed by atoms with Crippen molar-refractivity contribution in [1.82, 2.24) is 10.2 Å². The van der Waals surface area contributed by atoms with Crippen molar-refractivity contribution >= 4 is 23.5 Å². The van der Waals surface area contributed by atoms with E-state index in [2.05, 4.69) is 26.1 Å². The highest BCUT2D eigenvalue weighted by atomic mass is 19.4. The van der Waals surface area contributed by atoms with E-state index in [9.17, 15) is 32.7 Å². The Balaban J connectivity index is 1.62. The molecule has 4 rings (SSSR count). The zero-order valence-corrected chi connectivity index (χ0v) is 24.0. The third-order valence-corrected chi connectivity index (χ3v) is 8.47. The standard InChI is InChI=1S/C31H36F3N3O5/c1-18(19-5-7-21(8-6-19)26(39)35-17-24(38)28(41)42)37-27(40)25(20-9-11-23(12-10-20)31(32,33)34)36-30(37)15-13-22(14-16-30)29(2,3)4/h5-12,18,22,24,38H,13-17H2,1-4H3,(H,35,39)(H,41,42)/t18-,22?,24?,30?/m1/s1. The quantitative estimate of drug-likeness (QED) is 0.411. The first kappa shape index (κ1) is 31.2. The summed E-state index contributed by atoms with van der Waals surface area (Å²) in [6, 6.07) is 10.5. The van der Waals surface area contributed by atoms with Crippen LogP contribution in [-0.2, 0) is 15.8 Å². The van der Waals surface area contributed by atoms with Crippen LogP contribution in [-0.4, -0.2) is 56.9 Å². The highest BCUT2D eigenvalue weighted by Crippen LogP contribution is 2.49. The van der Waals surface area contributed by atoms with Gasteiger partial charge < -0.3 is 20.4 Å². The van der Waals surface area contributed by atoms with Crippen molar-refractivity contribution in [3.8, 4) is 0 Å². The Kier molecular flexibility index (Phi) is 8.55. The SMILES string of the molecule is C[C@H](c1ccc(C(=O)NCC(O)C(=O)O)cc1)N1C(=O)C(c2ccc(C(F)(F)F)cc2)=NC12CCC(C(C)(C)C)CC2. The van der Waals surface area contributed by atoms with Crippen LogP contribution in [0.5, 0.6) is 0 Å². The summed E-state index contributed by atoms with van der Waals surface area (Å²) in [5, 5.41) is 20.6. The molecule has 1 saturated carbocycles. The van der Waals surface area contributed by atoms with E-state index in [0.29, 0.717) is 24.3 Å². The van der Waals surface area contributed by atoms with Crippen LogP contribution >= 0.6 is 0 Å². The molecule has 2 atom stereocenters. The van der Waals surface area contributed by atoms with Crippen molar-refractivity contribution in [2.45, 2.75) is 77.4 Å². The molecule has 1 unspecified atom stereocenters. The Morgan fingerprint density at radius 2 is 1.62 bits per heavy atom. The van der Waals surface area contributed by atoms with Crippen LogP contribution in [0.3, 0.4) is 0 Å². The van der Waals surface area contributed by atoms with Crippen LogP contribution < -0.4 is 5.32 Å². The summed E-state index contributed by atoms with van der Waals surface area (Å²) in [4.78, 5) is 43.9. The van der Waals surface area contributed by atoms with E-state index in [1.807, 2.05) is 6.92 Å². The van der Waals surface area contributed by atoms with Gasteiger partial charge in [0.15, 0.2) is 6.10 Å². The molecule has 3 N–H and O–H groups in total. The summed E-state index contributed by atoms with van der Waals surface area (Å²) < 4.78 is 39.5. The van der Waals surface area contributed by atoms with Gasteiger partial charge in [-0.15, -0.1) is 0 Å². The maximum atomic E-state index is 14.0. The fraction of sp³-hybridized carbons (Fsp3) is 0.484. The van der Waals surface area contributed by atoms with Gasteiger partial charge in [0, 0.05) is 11.1 Å². The van der Waals surface area contributed by atoms with E-state index < -0.39 is 48.0 Å². The van der Waals surface area contributed by atoms with Gasteiger partial charge in [0.05, 0.1) is 18.2 Å². The van der Waals surface area contributed by atoms with Gasteiger partial charge in [0.1, 0.15) is 11.4 Å². The van der Waals surface area contributed by atoms with Crippen molar-refractivity contribution in [3.05, 3.63) is 70.8 Å². The van der Waals surface area contributed by atoms with E-state index >= 15 is 0 Å². The Morgan fingerprint density at radius 3 is 2.12 bits per heavy atom. The van der Waals surface area contributed by atoms with Crippen LogP contribution in [0.2, 0.25) is 0 Å². The first-order chi connectivity index (χ1) is 19.5. The number of aliphatic imine (C=N–C) groups is 1. The number of carbonyl (C=O) groups excluding carboxylic acids is 2. The topological polar surface area (TPSA) is 119 Å². The lowest BCUT2D eigenvalue weighted by atomic mass is 9.69. The number of aliphatic hydroxyl groups is 1. The second-order valence-corrected chi connectivity index (χ2v) is 12.2. The third kappa shape index (κ3) is 6.35. The molecule has 0 saturated heterocycles. The summed E-state index contributed by atoms with van der Waals surface area (Å²) in [5.41, 5.74) is -0.125. The van der Waals surface area contributed by atoms with Gasteiger partial charge in [-0.1, -0.05) is 45.0 Å². The van der Waals surface area contributed by atoms with Gasteiger partial charge in [-0.25, -0.2) is 4.79 Å². The molecule has 2 aliphatic rings. The molecular formula is C31H36F3N3O5. The minimum atomic E-state index is -4.49. The van der Waals surface area contributed by atoms with Crippen molar-refractivity contribution < 1.29 is 37.8 Å². The van der Waals surface area contributed by atoms with E-state index in [0.717, 1.165) is 30.5 Å². The number of alkyl halides is 3. The molecule has 1 aliphatic heterocycles. The van der Waals surface area contributed by atoms with Crippen LogP contribution in [0.15, 0.2) is 53.5 Å². The molecule has 2 aromatic carbocycles. The monoisotopic (exact) mass is 587 g/mol. The fourth-order valence-electron chi connectivity index (χ4n) is 5.89. The van der Waals surface area contributed by atoms with Crippen molar-refractivity contribution in [2.24, 2.45) is 16.3 Å². The molecule has 0 radical (unpaired) electrons. The number of rotatable bonds is 7. The molecule has 1 aliphatic carbocycles. The predicted molar refractivity (Wildman–Crippen MR) is 150 cm³/mol. The highest BCUT2D eigenvalue weighted by molar-refractivity contribution is 6.46. The van der Waals surface area contributed by atoms with Gasteiger partial charge >= 0.3 is 12.1 Å². The second-order valence-electron chi connectivity index (χ2n) is 12.2. The number of nitrogens with one attached hydrogen (secondary N) is 1. The molecule has 8 nitrogen and oxygen atoms in total. The Hall–Kier alpha value is -3.73. The molecule has 226 valence electrons. The zero-order chi connectivity index (χ0) is 31.0. The predicted octanol–water partition coefficient (Wildman–Crippen LogP) is 5.21. The van der Waals surface area contributed by atoms with E-state index in [1.54, 1.807) is 29.2 Å². The van der Waals surface area contributed by atoms with Crippen molar-refractivity contribution in [2.75, 3.05) is 6.54 Å². The molecule has 42 heavy (non-hydrogen) atoms. The molecule has 1 spiro atoms. The van der Waals surface area contributed by atoms with E-state index in [1.165, 1.54) is 12.1 Å². The fourth-order valence-corrected chi connectivity index (χ4v) is 5.89. The summed E-state index contributed by atoms with van der Waals surface area (Å²) in [5.74, 6) is -1.94. The molecule has 0 aromatic heterocycles. The number of hydrogen-bond acceptors (Lipinski definition) is 5. The number of carboxylic acid groups (broad SMARTS) is 1. The summed E-state index contributed by atoms with van der Waals surface area (Å²) >= 11 is 0. The third-order valence-electron chi connectivity index (χ3n) is 8.47. The highest BCUT2D eigenvalue weighted by Gasteiger charge is 2.52. The Morgan fingerprint density at radius 1 is 1.05 bits per heavy atom. The maximum Gasteiger partial charge on any atom is 0.416 e. The summed E-state index contributed by atoms with van der Waals surface area (Å²) in [6.45, 7) is 7.97. The lowest BCUT2D eigenvalue weighted by Crippen LogP contribution is -2.50.